The molecule has 0 amide bonds. The monoisotopic (exact) mass is 172 g/mol. The van der Waals surface area contributed by atoms with Gasteiger partial charge in [0.25, 0.3) is 0 Å². The highest BCUT2D eigenvalue weighted by atomic mass is 15.0. The van der Waals surface area contributed by atoms with Gasteiger partial charge in [-0.2, -0.15) is 0 Å². The first-order valence-electron chi connectivity index (χ1n) is 5.19. The van der Waals surface area contributed by atoms with Crippen molar-refractivity contribution in [1.82, 2.24) is 5.32 Å². The maximum absolute atomic E-state index is 5.88. The summed E-state index contributed by atoms with van der Waals surface area (Å²) in [4.78, 5) is 0. The quantitative estimate of drug-likeness (QED) is 0.456. The van der Waals surface area contributed by atoms with Gasteiger partial charge in [0.15, 0.2) is 0 Å². The van der Waals surface area contributed by atoms with E-state index >= 15 is 0 Å². The lowest BCUT2D eigenvalue weighted by molar-refractivity contribution is 0.398. The highest BCUT2D eigenvalue weighted by molar-refractivity contribution is 4.62. The minimum absolute atomic E-state index is 0.200. The molecule has 0 aromatic rings. The minimum atomic E-state index is 0.200. The molecule has 0 heterocycles. The standard InChI is InChI=1S/C10H24N2/c1-4-6-7-12-10(11)8-9(3)5-2/h9-10,12H,4-8,11H2,1-3H3. The molecule has 0 saturated carbocycles. The lowest BCUT2D eigenvalue weighted by Gasteiger charge is -2.17. The average molecular weight is 172 g/mol. The molecule has 2 unspecified atom stereocenters. The van der Waals surface area contributed by atoms with Crippen LogP contribution in [0.2, 0.25) is 0 Å². The van der Waals surface area contributed by atoms with E-state index in [9.17, 15) is 0 Å². The van der Waals surface area contributed by atoms with Gasteiger partial charge < -0.3 is 11.1 Å². The van der Waals surface area contributed by atoms with Gasteiger partial charge in [-0.25, -0.2) is 0 Å². The molecule has 0 spiro atoms. The molecule has 0 aliphatic rings. The van der Waals surface area contributed by atoms with Crippen LogP contribution in [-0.2, 0) is 0 Å². The Hall–Kier alpha value is -0.0800. The van der Waals surface area contributed by atoms with Gasteiger partial charge in [0.2, 0.25) is 0 Å². The third-order valence-corrected chi connectivity index (χ3v) is 2.29. The fourth-order valence-electron chi connectivity index (χ4n) is 1.15. The molecule has 0 aromatic carbocycles. The van der Waals surface area contributed by atoms with Gasteiger partial charge in [-0.05, 0) is 25.3 Å². The molecule has 0 bridgehead atoms. The Bertz CT molecular complexity index is 93.8. The molecular weight excluding hydrogens is 148 g/mol. The van der Waals surface area contributed by atoms with E-state index in [2.05, 4.69) is 26.1 Å². The normalized spacial score (nSPS) is 16.0. The molecule has 3 N–H and O–H groups in total. The van der Waals surface area contributed by atoms with Crippen LogP contribution in [0.15, 0.2) is 0 Å². The topological polar surface area (TPSA) is 38.0 Å². The largest absolute Gasteiger partial charge is 0.316 e. The van der Waals surface area contributed by atoms with Crippen molar-refractivity contribution in [2.45, 2.75) is 52.6 Å². The third kappa shape index (κ3) is 6.62. The zero-order chi connectivity index (χ0) is 9.40. The van der Waals surface area contributed by atoms with Crippen LogP contribution in [-0.4, -0.2) is 12.7 Å². The summed E-state index contributed by atoms with van der Waals surface area (Å²) in [6.07, 6.45) is 4.99. The summed E-state index contributed by atoms with van der Waals surface area (Å²) in [5.41, 5.74) is 5.88. The zero-order valence-electron chi connectivity index (χ0n) is 8.77. The van der Waals surface area contributed by atoms with Crippen LogP contribution in [0, 0.1) is 5.92 Å². The van der Waals surface area contributed by atoms with Gasteiger partial charge in [-0.1, -0.05) is 33.6 Å². The van der Waals surface area contributed by atoms with Crippen molar-refractivity contribution in [2.24, 2.45) is 11.7 Å². The lowest BCUT2D eigenvalue weighted by atomic mass is 10.0. The van der Waals surface area contributed by atoms with Crippen molar-refractivity contribution in [1.29, 1.82) is 0 Å². The molecule has 2 heteroatoms. The molecular formula is C10H24N2. The second-order valence-electron chi connectivity index (χ2n) is 3.66. The van der Waals surface area contributed by atoms with Crippen LogP contribution in [0.1, 0.15) is 46.5 Å². The molecule has 12 heavy (non-hydrogen) atoms. The molecule has 0 aliphatic heterocycles. The Morgan fingerprint density at radius 2 is 2.00 bits per heavy atom. The molecule has 74 valence electrons. The van der Waals surface area contributed by atoms with Crippen LogP contribution >= 0.6 is 0 Å². The van der Waals surface area contributed by atoms with Crippen LogP contribution in [0.4, 0.5) is 0 Å². The Labute approximate surface area is 76.9 Å². The predicted molar refractivity (Wildman–Crippen MR) is 55.0 cm³/mol. The lowest BCUT2D eigenvalue weighted by Crippen LogP contribution is -2.39. The molecule has 0 fully saturated rings. The maximum Gasteiger partial charge on any atom is 0.0548 e. The van der Waals surface area contributed by atoms with Crippen LogP contribution < -0.4 is 11.1 Å². The van der Waals surface area contributed by atoms with Gasteiger partial charge >= 0.3 is 0 Å². The minimum Gasteiger partial charge on any atom is -0.316 e. The van der Waals surface area contributed by atoms with Gasteiger partial charge in [0, 0.05) is 0 Å². The second-order valence-corrected chi connectivity index (χ2v) is 3.66. The smallest absolute Gasteiger partial charge is 0.0548 e. The summed E-state index contributed by atoms with van der Waals surface area (Å²) in [6.45, 7) is 7.72. The fourth-order valence-corrected chi connectivity index (χ4v) is 1.15. The van der Waals surface area contributed by atoms with Crippen molar-refractivity contribution >= 4 is 0 Å². The summed E-state index contributed by atoms with van der Waals surface area (Å²) in [6, 6.07) is 0. The Morgan fingerprint density at radius 1 is 1.33 bits per heavy atom. The number of nitrogens with two attached hydrogens (primary N) is 1. The van der Waals surface area contributed by atoms with Crippen LogP contribution in [0.3, 0.4) is 0 Å². The number of hydrogen-bond donors (Lipinski definition) is 2. The number of nitrogens with one attached hydrogen (secondary N) is 1. The van der Waals surface area contributed by atoms with Crippen LogP contribution in [0.5, 0.6) is 0 Å². The van der Waals surface area contributed by atoms with Gasteiger partial charge in [-0.3, -0.25) is 0 Å². The van der Waals surface area contributed by atoms with E-state index in [4.69, 9.17) is 5.73 Å². The van der Waals surface area contributed by atoms with Crippen LogP contribution in [0.25, 0.3) is 0 Å². The number of rotatable bonds is 7. The summed E-state index contributed by atoms with van der Waals surface area (Å²) in [5.74, 6) is 0.745. The summed E-state index contributed by atoms with van der Waals surface area (Å²) < 4.78 is 0. The molecule has 0 rings (SSSR count). The van der Waals surface area contributed by atoms with Gasteiger partial charge in [-0.15, -0.1) is 0 Å². The third-order valence-electron chi connectivity index (χ3n) is 2.29. The predicted octanol–water partition coefficient (Wildman–Crippen LogP) is 2.10. The number of hydrogen-bond acceptors (Lipinski definition) is 2. The van der Waals surface area contributed by atoms with Crippen molar-refractivity contribution in [2.75, 3.05) is 6.54 Å². The van der Waals surface area contributed by atoms with Crippen molar-refractivity contribution in [3.63, 3.8) is 0 Å². The van der Waals surface area contributed by atoms with Gasteiger partial charge in [0.05, 0.1) is 6.17 Å². The SMILES string of the molecule is CCCCNC(N)CC(C)CC. The molecule has 0 aromatic heterocycles. The van der Waals surface area contributed by atoms with E-state index in [1.807, 2.05) is 0 Å². The van der Waals surface area contributed by atoms with Crippen molar-refractivity contribution < 1.29 is 0 Å². The van der Waals surface area contributed by atoms with E-state index in [1.165, 1.54) is 19.3 Å². The van der Waals surface area contributed by atoms with E-state index in [1.54, 1.807) is 0 Å². The first-order valence-corrected chi connectivity index (χ1v) is 5.19. The summed E-state index contributed by atoms with van der Waals surface area (Å²) in [7, 11) is 0. The highest BCUT2D eigenvalue weighted by Gasteiger charge is 2.05. The maximum atomic E-state index is 5.88. The van der Waals surface area contributed by atoms with Crippen molar-refractivity contribution in [3.8, 4) is 0 Å². The fraction of sp³-hybridized carbons (Fsp3) is 1.00. The Balaban J connectivity index is 3.26. The zero-order valence-corrected chi connectivity index (χ0v) is 8.77. The number of unbranched alkanes of at least 4 members (excludes halogenated alkanes) is 1. The molecule has 2 atom stereocenters. The highest BCUT2D eigenvalue weighted by Crippen LogP contribution is 2.06. The van der Waals surface area contributed by atoms with E-state index in [0.29, 0.717) is 0 Å². The van der Waals surface area contributed by atoms with E-state index in [0.717, 1.165) is 18.9 Å². The van der Waals surface area contributed by atoms with E-state index < -0.39 is 0 Å². The average Bonchev–Trinajstić information content (AvgIpc) is 2.05. The van der Waals surface area contributed by atoms with Gasteiger partial charge in [0.1, 0.15) is 0 Å². The molecule has 0 aliphatic carbocycles. The molecule has 0 saturated heterocycles. The molecule has 2 nitrogen and oxygen atoms in total. The second kappa shape index (κ2) is 7.56. The first-order chi connectivity index (χ1) is 5.70. The summed E-state index contributed by atoms with van der Waals surface area (Å²) >= 11 is 0. The first kappa shape index (κ1) is 11.9. The Kier molecular flexibility index (Phi) is 7.51. The summed E-state index contributed by atoms with van der Waals surface area (Å²) in [5, 5.41) is 3.33. The van der Waals surface area contributed by atoms with Crippen molar-refractivity contribution in [3.05, 3.63) is 0 Å². The Morgan fingerprint density at radius 3 is 2.50 bits per heavy atom. The van der Waals surface area contributed by atoms with E-state index in [-0.39, 0.29) is 6.17 Å². The molecule has 0 radical (unpaired) electrons.